The van der Waals surface area contributed by atoms with Crippen molar-refractivity contribution in [1.29, 1.82) is 0 Å². The molecule has 3 heterocycles. The number of hydrogen-bond acceptors (Lipinski definition) is 1. The number of hydrogen-bond donors (Lipinski definition) is 0. The molecule has 12 rings (SSSR count). The van der Waals surface area contributed by atoms with E-state index in [1.54, 1.807) is 0 Å². The summed E-state index contributed by atoms with van der Waals surface area (Å²) in [7, 11) is 0. The minimum Gasteiger partial charge on any atom is -0.309 e. The maximum Gasteiger partial charge on any atom is 0.138 e. The number of fused-ring (bicyclic) bond motifs is 8. The van der Waals surface area contributed by atoms with Crippen LogP contribution in [0.2, 0.25) is 0 Å². The standard InChI is InChI=1S/C59H41N3/c1-3-21-54-43(4-2)49-35-50-45-31-18-20-33-55(45)62(57(50)38-56(49)61(54)42-28-15-8-16-29-42)58-36-46(39-22-9-5-10-23-39)48-34-47-44-30-17-19-32-51(44)59(40-24-11-6-12-25-40,41-26-13-7-14-27-41)52(47)37-53(48)60-58/h3-38H,2H2,1H3/b21-3-. The summed E-state index contributed by atoms with van der Waals surface area (Å²) in [5.74, 6) is 0.873. The Kier molecular flexibility index (Phi) is 8.13. The third-order valence-corrected chi connectivity index (χ3v) is 13.1. The first-order chi connectivity index (χ1) is 30.7. The largest absolute Gasteiger partial charge is 0.309 e. The lowest BCUT2D eigenvalue weighted by Crippen LogP contribution is -2.28. The zero-order valence-corrected chi connectivity index (χ0v) is 34.3. The average Bonchev–Trinajstić information content (AvgIpc) is 3.93. The Balaban J connectivity index is 1.21. The smallest absolute Gasteiger partial charge is 0.138 e. The topological polar surface area (TPSA) is 22.8 Å². The molecule has 0 fully saturated rings. The maximum atomic E-state index is 5.76. The second-order valence-electron chi connectivity index (χ2n) is 16.2. The van der Waals surface area contributed by atoms with E-state index >= 15 is 0 Å². The monoisotopic (exact) mass is 791 g/mol. The number of nitrogens with zero attached hydrogens (tertiary/aromatic N) is 3. The molecule has 0 N–H and O–H groups in total. The van der Waals surface area contributed by atoms with E-state index in [2.05, 4.69) is 235 Å². The highest BCUT2D eigenvalue weighted by molar-refractivity contribution is 6.15. The van der Waals surface area contributed by atoms with E-state index in [-0.39, 0.29) is 0 Å². The summed E-state index contributed by atoms with van der Waals surface area (Å²) in [5.41, 5.74) is 16.8. The molecule has 3 aromatic heterocycles. The van der Waals surface area contributed by atoms with Crippen LogP contribution in [0.5, 0.6) is 0 Å². The highest BCUT2D eigenvalue weighted by Gasteiger charge is 2.46. The van der Waals surface area contributed by atoms with Crippen LogP contribution in [-0.4, -0.2) is 14.1 Å². The average molecular weight is 792 g/mol. The zero-order valence-electron chi connectivity index (χ0n) is 34.3. The number of pyridine rings is 1. The number of rotatable bonds is 7. The molecule has 0 spiro atoms. The maximum absolute atomic E-state index is 5.76. The van der Waals surface area contributed by atoms with E-state index in [0.29, 0.717) is 0 Å². The highest BCUT2D eigenvalue weighted by atomic mass is 15.1. The molecule has 8 aromatic carbocycles. The molecule has 1 aliphatic rings. The van der Waals surface area contributed by atoms with Crippen LogP contribution in [0.3, 0.4) is 0 Å². The fourth-order valence-electron chi connectivity index (χ4n) is 10.6. The van der Waals surface area contributed by atoms with Crippen molar-refractivity contribution >= 4 is 55.8 Å². The quantitative estimate of drug-likeness (QED) is 0.158. The second-order valence-corrected chi connectivity index (χ2v) is 16.2. The van der Waals surface area contributed by atoms with Crippen LogP contribution >= 0.6 is 0 Å². The minimum absolute atomic E-state index is 0.540. The molecular weight excluding hydrogens is 751 g/mol. The Morgan fingerprint density at radius 1 is 0.484 bits per heavy atom. The van der Waals surface area contributed by atoms with Gasteiger partial charge in [0.2, 0.25) is 0 Å². The van der Waals surface area contributed by atoms with Crippen LogP contribution < -0.4 is 0 Å². The van der Waals surface area contributed by atoms with Gasteiger partial charge in [-0.15, -0.1) is 0 Å². The molecule has 3 nitrogen and oxygen atoms in total. The summed E-state index contributed by atoms with van der Waals surface area (Å²) in [6.07, 6.45) is 6.31. The fourth-order valence-corrected chi connectivity index (χ4v) is 10.6. The van der Waals surface area contributed by atoms with Crippen LogP contribution in [-0.2, 0) is 5.41 Å². The van der Waals surface area contributed by atoms with Crippen molar-refractivity contribution in [3.8, 4) is 33.8 Å². The van der Waals surface area contributed by atoms with Crippen LogP contribution in [0.4, 0.5) is 0 Å². The molecule has 11 aromatic rings. The molecule has 0 amide bonds. The molecule has 292 valence electrons. The Morgan fingerprint density at radius 3 is 1.82 bits per heavy atom. The van der Waals surface area contributed by atoms with Crippen molar-refractivity contribution in [3.05, 3.63) is 246 Å². The first-order valence-electron chi connectivity index (χ1n) is 21.4. The molecule has 0 saturated heterocycles. The van der Waals surface area contributed by atoms with Crippen LogP contribution in [0, 0.1) is 0 Å². The normalized spacial score (nSPS) is 13.0. The Labute approximate surface area is 360 Å². The third-order valence-electron chi connectivity index (χ3n) is 13.1. The molecular formula is C59H41N3. The van der Waals surface area contributed by atoms with Crippen LogP contribution in [0.15, 0.2) is 213 Å². The van der Waals surface area contributed by atoms with Crippen LogP contribution in [0.25, 0.3) is 89.5 Å². The summed E-state index contributed by atoms with van der Waals surface area (Å²) in [6, 6.07) is 73.0. The van der Waals surface area contributed by atoms with Gasteiger partial charge in [-0.3, -0.25) is 4.57 Å². The lowest BCUT2D eigenvalue weighted by molar-refractivity contribution is 0.769. The first kappa shape index (κ1) is 35.9. The predicted octanol–water partition coefficient (Wildman–Crippen LogP) is 15.0. The molecule has 0 bridgehead atoms. The summed E-state index contributed by atoms with van der Waals surface area (Å²) in [5, 5.41) is 4.64. The molecule has 0 radical (unpaired) electrons. The molecule has 3 heteroatoms. The first-order valence-corrected chi connectivity index (χ1v) is 21.4. The van der Waals surface area contributed by atoms with Gasteiger partial charge in [0, 0.05) is 32.8 Å². The molecule has 0 unspecified atom stereocenters. The molecule has 0 atom stereocenters. The van der Waals surface area contributed by atoms with Crippen molar-refractivity contribution in [3.63, 3.8) is 0 Å². The van der Waals surface area contributed by atoms with Gasteiger partial charge < -0.3 is 4.57 Å². The van der Waals surface area contributed by atoms with E-state index in [1.807, 2.05) is 6.08 Å². The van der Waals surface area contributed by atoms with Gasteiger partial charge in [-0.05, 0) is 106 Å². The van der Waals surface area contributed by atoms with Gasteiger partial charge in [-0.2, -0.15) is 0 Å². The Hall–Kier alpha value is -8.01. The molecule has 0 aliphatic heterocycles. The van der Waals surface area contributed by atoms with Gasteiger partial charge in [-0.25, -0.2) is 4.98 Å². The van der Waals surface area contributed by atoms with Gasteiger partial charge in [0.05, 0.1) is 33.2 Å². The Bertz CT molecular complexity index is 3540. The number of para-hydroxylation sites is 2. The molecule has 1 aliphatic carbocycles. The summed E-state index contributed by atoms with van der Waals surface area (Å²) in [4.78, 5) is 5.76. The van der Waals surface area contributed by atoms with Crippen molar-refractivity contribution in [1.82, 2.24) is 14.1 Å². The van der Waals surface area contributed by atoms with Crippen molar-refractivity contribution < 1.29 is 0 Å². The van der Waals surface area contributed by atoms with E-state index in [4.69, 9.17) is 4.98 Å². The van der Waals surface area contributed by atoms with Gasteiger partial charge in [0.1, 0.15) is 5.82 Å². The SMILES string of the molecule is C=Cc1c(/C=C\C)n(-c2ccccc2)c2cc3c(cc12)c1ccccc1n3-c1cc(-c2ccccc2)c2cc3c(cc2n1)C(c1ccccc1)(c1ccccc1)c1ccccc1-3. The molecule has 62 heavy (non-hydrogen) atoms. The molecule has 0 saturated carbocycles. The Morgan fingerprint density at radius 2 is 1.11 bits per heavy atom. The van der Waals surface area contributed by atoms with Crippen molar-refractivity contribution in [2.24, 2.45) is 0 Å². The van der Waals surface area contributed by atoms with Gasteiger partial charge in [-0.1, -0.05) is 170 Å². The third kappa shape index (κ3) is 5.09. The van der Waals surface area contributed by atoms with E-state index in [9.17, 15) is 0 Å². The fraction of sp³-hybridized carbons (Fsp3) is 0.0339. The predicted molar refractivity (Wildman–Crippen MR) is 260 cm³/mol. The van der Waals surface area contributed by atoms with E-state index in [1.165, 1.54) is 44.2 Å². The van der Waals surface area contributed by atoms with E-state index < -0.39 is 5.41 Å². The lowest BCUT2D eigenvalue weighted by Gasteiger charge is -2.34. The summed E-state index contributed by atoms with van der Waals surface area (Å²) < 4.78 is 4.75. The van der Waals surface area contributed by atoms with Crippen LogP contribution in [0.1, 0.15) is 40.4 Å². The lowest BCUT2D eigenvalue weighted by atomic mass is 9.67. The number of aromatic nitrogens is 3. The van der Waals surface area contributed by atoms with Crippen molar-refractivity contribution in [2.75, 3.05) is 0 Å². The highest BCUT2D eigenvalue weighted by Crippen LogP contribution is 2.57. The second kappa shape index (κ2) is 14.0. The minimum atomic E-state index is -0.540. The van der Waals surface area contributed by atoms with Crippen molar-refractivity contribution in [2.45, 2.75) is 12.3 Å². The summed E-state index contributed by atoms with van der Waals surface area (Å²) in [6.45, 7) is 6.39. The number of allylic oxidation sites excluding steroid dienone is 1. The zero-order chi connectivity index (χ0) is 41.4. The van der Waals surface area contributed by atoms with Gasteiger partial charge in [0.15, 0.2) is 0 Å². The van der Waals surface area contributed by atoms with E-state index in [0.717, 1.165) is 66.7 Å². The number of benzene rings is 8. The summed E-state index contributed by atoms with van der Waals surface area (Å²) >= 11 is 0. The van der Waals surface area contributed by atoms with Gasteiger partial charge >= 0.3 is 0 Å². The van der Waals surface area contributed by atoms with Gasteiger partial charge in [0.25, 0.3) is 0 Å².